The van der Waals surface area contributed by atoms with Gasteiger partial charge >= 0.3 is 0 Å². The lowest BCUT2D eigenvalue weighted by molar-refractivity contribution is -0.136. The number of hydrogen-bond donors (Lipinski definition) is 2. The summed E-state index contributed by atoms with van der Waals surface area (Å²) in [6.45, 7) is -0.466. The molecule has 0 rings (SSSR count). The standard InChI is InChI=1S/C7H14O5/c1-11-6(4-9)7(12-2)5(10)3-8/h4-8,10H,3H2,1-2H3/t5-,6+,7-/m1/s1. The smallest absolute Gasteiger partial charge is 0.151 e. The molecule has 0 saturated heterocycles. The van der Waals surface area contributed by atoms with Crippen molar-refractivity contribution in [2.75, 3.05) is 20.8 Å². The van der Waals surface area contributed by atoms with Crippen molar-refractivity contribution in [1.29, 1.82) is 0 Å². The zero-order valence-corrected chi connectivity index (χ0v) is 7.14. The average molecular weight is 178 g/mol. The predicted molar refractivity (Wildman–Crippen MR) is 40.8 cm³/mol. The van der Waals surface area contributed by atoms with Crippen LogP contribution in [0.4, 0.5) is 0 Å². The van der Waals surface area contributed by atoms with Crippen LogP contribution >= 0.6 is 0 Å². The van der Waals surface area contributed by atoms with E-state index in [2.05, 4.69) is 0 Å². The van der Waals surface area contributed by atoms with Gasteiger partial charge in [0, 0.05) is 14.2 Å². The van der Waals surface area contributed by atoms with E-state index < -0.39 is 24.9 Å². The summed E-state index contributed by atoms with van der Waals surface area (Å²) in [6, 6.07) is 0. The minimum absolute atomic E-state index is 0.466. The molecule has 0 heterocycles. The molecule has 0 aliphatic rings. The molecule has 0 fully saturated rings. The highest BCUT2D eigenvalue weighted by Crippen LogP contribution is 2.05. The molecule has 0 aromatic carbocycles. The number of aliphatic hydroxyl groups is 2. The summed E-state index contributed by atoms with van der Waals surface area (Å²) in [5.74, 6) is 0. The molecule has 0 saturated carbocycles. The van der Waals surface area contributed by atoms with E-state index in [9.17, 15) is 4.79 Å². The van der Waals surface area contributed by atoms with Gasteiger partial charge < -0.3 is 24.5 Å². The number of hydrogen-bond acceptors (Lipinski definition) is 5. The molecule has 2 N–H and O–H groups in total. The molecule has 0 aliphatic heterocycles. The lowest BCUT2D eigenvalue weighted by atomic mass is 10.1. The zero-order valence-electron chi connectivity index (χ0n) is 7.14. The summed E-state index contributed by atoms with van der Waals surface area (Å²) < 4.78 is 9.49. The van der Waals surface area contributed by atoms with Crippen LogP contribution in [0.5, 0.6) is 0 Å². The van der Waals surface area contributed by atoms with E-state index in [1.165, 1.54) is 14.2 Å². The molecule has 0 unspecified atom stereocenters. The van der Waals surface area contributed by atoms with Gasteiger partial charge in [-0.05, 0) is 0 Å². The molecule has 5 heteroatoms. The Kier molecular flexibility index (Phi) is 5.83. The lowest BCUT2D eigenvalue weighted by Crippen LogP contribution is -2.42. The van der Waals surface area contributed by atoms with E-state index in [0.29, 0.717) is 6.29 Å². The van der Waals surface area contributed by atoms with Crippen LogP contribution in [-0.4, -0.2) is 55.6 Å². The Hall–Kier alpha value is -0.490. The SMILES string of the molecule is CO[C@H]([C@H](O)CO)[C@H](C=O)OC. The molecule has 12 heavy (non-hydrogen) atoms. The van der Waals surface area contributed by atoms with Crippen LogP contribution in [-0.2, 0) is 14.3 Å². The van der Waals surface area contributed by atoms with Crippen molar-refractivity contribution in [2.45, 2.75) is 18.3 Å². The van der Waals surface area contributed by atoms with Gasteiger partial charge in [-0.3, -0.25) is 0 Å². The van der Waals surface area contributed by atoms with Crippen molar-refractivity contribution in [1.82, 2.24) is 0 Å². The molecule has 0 aliphatic carbocycles. The van der Waals surface area contributed by atoms with Crippen LogP contribution in [0.1, 0.15) is 0 Å². The van der Waals surface area contributed by atoms with Gasteiger partial charge in [-0.25, -0.2) is 0 Å². The van der Waals surface area contributed by atoms with Crippen LogP contribution < -0.4 is 0 Å². The number of ether oxygens (including phenoxy) is 2. The minimum Gasteiger partial charge on any atom is -0.394 e. The highest BCUT2D eigenvalue weighted by molar-refractivity contribution is 5.57. The molecular formula is C7H14O5. The summed E-state index contributed by atoms with van der Waals surface area (Å²) in [5.41, 5.74) is 0. The third-order valence-electron chi connectivity index (χ3n) is 1.57. The van der Waals surface area contributed by atoms with Gasteiger partial charge in [-0.2, -0.15) is 0 Å². The topological polar surface area (TPSA) is 76.0 Å². The van der Waals surface area contributed by atoms with Gasteiger partial charge in [0.25, 0.3) is 0 Å². The Morgan fingerprint density at radius 1 is 1.42 bits per heavy atom. The summed E-state index contributed by atoms with van der Waals surface area (Å²) in [5, 5.41) is 17.7. The highest BCUT2D eigenvalue weighted by atomic mass is 16.5. The van der Waals surface area contributed by atoms with Gasteiger partial charge in [0.1, 0.15) is 18.3 Å². The molecule has 0 spiro atoms. The van der Waals surface area contributed by atoms with Crippen LogP contribution in [0.25, 0.3) is 0 Å². The average Bonchev–Trinajstić information content (AvgIpc) is 2.12. The molecular weight excluding hydrogens is 164 g/mol. The Balaban J connectivity index is 4.19. The fourth-order valence-corrected chi connectivity index (χ4v) is 0.881. The first kappa shape index (κ1) is 11.5. The first-order valence-corrected chi connectivity index (χ1v) is 3.51. The Bertz CT molecular complexity index is 127. The largest absolute Gasteiger partial charge is 0.394 e. The van der Waals surface area contributed by atoms with Crippen molar-refractivity contribution in [2.24, 2.45) is 0 Å². The Morgan fingerprint density at radius 2 is 2.00 bits per heavy atom. The van der Waals surface area contributed by atoms with Gasteiger partial charge in [-0.1, -0.05) is 0 Å². The maximum atomic E-state index is 10.4. The zero-order chi connectivity index (χ0) is 9.56. The Labute approximate surface area is 70.9 Å². The molecule has 3 atom stereocenters. The second kappa shape index (κ2) is 6.07. The van der Waals surface area contributed by atoms with E-state index in [4.69, 9.17) is 19.7 Å². The first-order valence-electron chi connectivity index (χ1n) is 3.51. The fourth-order valence-electron chi connectivity index (χ4n) is 0.881. The Morgan fingerprint density at radius 3 is 2.25 bits per heavy atom. The van der Waals surface area contributed by atoms with E-state index in [0.717, 1.165) is 0 Å². The van der Waals surface area contributed by atoms with Crippen LogP contribution in [0, 0.1) is 0 Å². The number of carbonyl (C=O) groups excluding carboxylic acids is 1. The first-order chi connectivity index (χ1) is 5.71. The van der Waals surface area contributed by atoms with Gasteiger partial charge in [-0.15, -0.1) is 0 Å². The van der Waals surface area contributed by atoms with Gasteiger partial charge in [0.2, 0.25) is 0 Å². The van der Waals surface area contributed by atoms with E-state index in [1.54, 1.807) is 0 Å². The molecule has 0 radical (unpaired) electrons. The van der Waals surface area contributed by atoms with Crippen molar-refractivity contribution < 1.29 is 24.5 Å². The molecule has 72 valence electrons. The molecule has 0 amide bonds. The summed E-state index contributed by atoms with van der Waals surface area (Å²) in [7, 11) is 2.66. The summed E-state index contributed by atoms with van der Waals surface area (Å²) in [4.78, 5) is 10.4. The van der Waals surface area contributed by atoms with Gasteiger partial charge in [0.05, 0.1) is 6.61 Å². The van der Waals surface area contributed by atoms with Gasteiger partial charge in [0.15, 0.2) is 6.29 Å². The van der Waals surface area contributed by atoms with E-state index >= 15 is 0 Å². The number of carbonyl (C=O) groups is 1. The van der Waals surface area contributed by atoms with Crippen molar-refractivity contribution >= 4 is 6.29 Å². The minimum atomic E-state index is -1.11. The summed E-state index contributed by atoms with van der Waals surface area (Å²) in [6.07, 6.45) is -2.26. The fraction of sp³-hybridized carbons (Fsp3) is 0.857. The maximum Gasteiger partial charge on any atom is 0.151 e. The second-order valence-electron chi connectivity index (χ2n) is 2.29. The number of aliphatic hydroxyl groups excluding tert-OH is 2. The third kappa shape index (κ3) is 2.86. The second-order valence-corrected chi connectivity index (χ2v) is 2.29. The van der Waals surface area contributed by atoms with Crippen LogP contribution in [0.2, 0.25) is 0 Å². The number of methoxy groups -OCH3 is 2. The molecule has 0 aromatic rings. The van der Waals surface area contributed by atoms with Crippen molar-refractivity contribution in [3.63, 3.8) is 0 Å². The third-order valence-corrected chi connectivity index (χ3v) is 1.57. The molecule has 0 bridgehead atoms. The summed E-state index contributed by atoms with van der Waals surface area (Å²) >= 11 is 0. The number of aldehydes is 1. The van der Waals surface area contributed by atoms with Crippen molar-refractivity contribution in [3.05, 3.63) is 0 Å². The highest BCUT2D eigenvalue weighted by Gasteiger charge is 2.27. The number of rotatable bonds is 6. The maximum absolute atomic E-state index is 10.4. The molecule has 0 aromatic heterocycles. The van der Waals surface area contributed by atoms with Crippen LogP contribution in [0.15, 0.2) is 0 Å². The van der Waals surface area contributed by atoms with E-state index in [-0.39, 0.29) is 0 Å². The quantitative estimate of drug-likeness (QED) is 0.488. The normalized spacial score (nSPS) is 18.3. The van der Waals surface area contributed by atoms with E-state index in [1.807, 2.05) is 0 Å². The predicted octanol–water partition coefficient (Wildman–Crippen LogP) is -1.43. The van der Waals surface area contributed by atoms with Crippen LogP contribution in [0.3, 0.4) is 0 Å². The monoisotopic (exact) mass is 178 g/mol. The van der Waals surface area contributed by atoms with Crippen molar-refractivity contribution in [3.8, 4) is 0 Å². The lowest BCUT2D eigenvalue weighted by Gasteiger charge is -2.23. The molecule has 5 nitrogen and oxygen atoms in total.